The maximum Gasteiger partial charge on any atom is 0.159 e. The van der Waals surface area contributed by atoms with Crippen LogP contribution in [0.3, 0.4) is 0 Å². The third-order valence-electron chi connectivity index (χ3n) is 24.6. The molecule has 0 atom stereocenters. The van der Waals surface area contributed by atoms with Crippen LogP contribution < -0.4 is 9.80 Å². The van der Waals surface area contributed by atoms with E-state index in [0.717, 1.165) is 67.2 Å². The molecular weight excluding hydrogens is 1320 g/mol. The maximum absolute atomic E-state index is 7.07. The van der Waals surface area contributed by atoms with Crippen LogP contribution in [0.4, 0.5) is 34.1 Å². The lowest BCUT2D eigenvalue weighted by Crippen LogP contribution is -2.26. The highest BCUT2D eigenvalue weighted by Crippen LogP contribution is 2.66. The molecule has 5 aliphatic rings. The van der Waals surface area contributed by atoms with Gasteiger partial charge in [-0.1, -0.05) is 335 Å². The highest BCUT2D eigenvalue weighted by atomic mass is 16.3. The summed E-state index contributed by atoms with van der Waals surface area (Å²) in [4.78, 5) is 4.88. The quantitative estimate of drug-likeness (QED) is 0.151. The summed E-state index contributed by atoms with van der Waals surface area (Å²) in [5.74, 6) is 0. The van der Waals surface area contributed by atoms with Gasteiger partial charge in [-0.05, 0) is 212 Å². The summed E-state index contributed by atoms with van der Waals surface area (Å²) in [6.07, 6.45) is 0. The number of rotatable bonds is 8. The molecule has 512 valence electrons. The number of benzene rings is 17. The highest BCUT2D eigenvalue weighted by Gasteiger charge is 2.54. The number of anilines is 6. The fourth-order valence-corrected chi connectivity index (χ4v) is 19.8. The number of hydrogen-bond acceptors (Lipinski definition) is 3. The van der Waals surface area contributed by atoms with Gasteiger partial charge in [-0.2, -0.15) is 0 Å². The first-order chi connectivity index (χ1) is 53.7. The third-order valence-corrected chi connectivity index (χ3v) is 24.6. The first kappa shape index (κ1) is 62.7. The Morgan fingerprint density at radius 1 is 0.220 bits per heavy atom. The van der Waals surface area contributed by atoms with Crippen molar-refractivity contribution in [3.05, 3.63) is 443 Å². The standard InChI is InChI=1S/C53H33NO.C53H39N/c1-2-15-35(16-3-1)39-21-12-22-44-45-23-13-27-50(52(45)55-51(39)44)54(37-29-28-34-14-4-5-17-36(34)32-37)38-30-31-43-42-20-8-11-26-48(42)53(49(43)33-38)46-24-9-6-18-40(46)41-19-7-10-25-47(41)53;1-34-20-22-35(23-21-34)36-24-26-37(27-25-36)54(38-28-30-44-40-12-4-8-16-46(40)52(2,3)50(44)32-38)39-29-31-45-43-15-7-11-19-49(43)53(51(45)33-39)47-17-9-5-13-41(47)42-14-6-10-18-48(42)53/h1-33H;4-33H,1-3H3. The second kappa shape index (κ2) is 24.0. The molecule has 2 spiro atoms. The van der Waals surface area contributed by atoms with E-state index in [-0.39, 0.29) is 5.41 Å². The molecule has 5 aliphatic carbocycles. The summed E-state index contributed by atoms with van der Waals surface area (Å²) in [5, 5.41) is 4.61. The molecular formula is C106H72N2O. The Hall–Kier alpha value is -13.6. The molecule has 0 aliphatic heterocycles. The van der Waals surface area contributed by atoms with Crippen molar-refractivity contribution < 1.29 is 4.42 Å². The summed E-state index contributed by atoms with van der Waals surface area (Å²) < 4.78 is 7.07. The van der Waals surface area contributed by atoms with Crippen molar-refractivity contribution in [2.24, 2.45) is 0 Å². The SMILES string of the molecule is Cc1ccc(-c2ccc(N(c3ccc4c(c3)C(C)(C)c3ccccc3-4)c3ccc4c(c3)C3(c5ccccc5-c5ccccc53)c3ccccc3-4)cc2)cc1.c1ccc(-c2cccc3c2oc2c(N(c4ccc5c(c4)C4(c6ccccc6-c6ccccc64)c4ccccc4-5)c4ccc5ccccc5c4)cccc23)cc1. The fraction of sp³-hybridized carbons (Fsp3) is 0.0566. The maximum atomic E-state index is 7.07. The van der Waals surface area contributed by atoms with E-state index in [1.165, 1.54) is 139 Å². The van der Waals surface area contributed by atoms with E-state index in [1.807, 2.05) is 0 Å². The number of fused-ring (bicyclic) bond motifs is 27. The summed E-state index contributed by atoms with van der Waals surface area (Å²) in [7, 11) is 0. The van der Waals surface area contributed by atoms with Crippen LogP contribution in [0, 0.1) is 6.92 Å². The van der Waals surface area contributed by atoms with E-state index >= 15 is 0 Å². The summed E-state index contributed by atoms with van der Waals surface area (Å²) in [6, 6.07) is 141. The van der Waals surface area contributed by atoms with Crippen LogP contribution in [0.1, 0.15) is 75.0 Å². The molecule has 17 aromatic carbocycles. The largest absolute Gasteiger partial charge is 0.453 e. The Balaban J connectivity index is 0.000000135. The molecule has 0 radical (unpaired) electrons. The van der Waals surface area contributed by atoms with Gasteiger partial charge in [0.05, 0.1) is 16.5 Å². The number of furan rings is 1. The zero-order chi connectivity index (χ0) is 72.3. The van der Waals surface area contributed by atoms with E-state index in [4.69, 9.17) is 4.42 Å². The average molecular weight is 1390 g/mol. The average Bonchev–Trinajstić information content (AvgIpc) is 1.51. The lowest BCUT2D eigenvalue weighted by atomic mass is 9.70. The predicted molar refractivity (Wildman–Crippen MR) is 453 cm³/mol. The van der Waals surface area contributed by atoms with E-state index < -0.39 is 10.8 Å². The van der Waals surface area contributed by atoms with Crippen molar-refractivity contribution in [3.8, 4) is 77.9 Å². The third kappa shape index (κ3) is 9.05. The van der Waals surface area contributed by atoms with Crippen molar-refractivity contribution in [3.63, 3.8) is 0 Å². The van der Waals surface area contributed by atoms with Gasteiger partial charge in [-0.3, -0.25) is 0 Å². The van der Waals surface area contributed by atoms with Crippen LogP contribution in [0.2, 0.25) is 0 Å². The molecule has 0 unspecified atom stereocenters. The minimum atomic E-state index is -0.444. The van der Waals surface area contributed by atoms with Crippen LogP contribution >= 0.6 is 0 Å². The first-order valence-electron chi connectivity index (χ1n) is 38.1. The van der Waals surface area contributed by atoms with Crippen LogP contribution in [0.15, 0.2) is 387 Å². The van der Waals surface area contributed by atoms with Gasteiger partial charge in [0.15, 0.2) is 5.58 Å². The summed E-state index contributed by atoms with van der Waals surface area (Å²) in [5.41, 5.74) is 40.0. The molecule has 0 saturated carbocycles. The smallest absolute Gasteiger partial charge is 0.159 e. The molecule has 0 fully saturated rings. The number of nitrogens with zero attached hydrogens (tertiary/aromatic N) is 2. The second-order valence-corrected chi connectivity index (χ2v) is 30.6. The Labute approximate surface area is 635 Å². The molecule has 0 bridgehead atoms. The van der Waals surface area contributed by atoms with E-state index in [0.29, 0.717) is 0 Å². The zero-order valence-electron chi connectivity index (χ0n) is 60.7. The van der Waals surface area contributed by atoms with Crippen LogP contribution in [0.5, 0.6) is 0 Å². The van der Waals surface area contributed by atoms with Gasteiger partial charge in [-0.25, -0.2) is 0 Å². The van der Waals surface area contributed by atoms with Crippen molar-refractivity contribution in [1.82, 2.24) is 0 Å². The van der Waals surface area contributed by atoms with Gasteiger partial charge >= 0.3 is 0 Å². The van der Waals surface area contributed by atoms with Crippen LogP contribution in [-0.2, 0) is 16.2 Å². The Kier molecular flexibility index (Phi) is 13.8. The molecule has 3 nitrogen and oxygen atoms in total. The Morgan fingerprint density at radius 3 is 1.07 bits per heavy atom. The minimum absolute atomic E-state index is 0.107. The van der Waals surface area contributed by atoms with Gasteiger partial charge in [0.25, 0.3) is 0 Å². The lowest BCUT2D eigenvalue weighted by Gasteiger charge is -2.32. The molecule has 109 heavy (non-hydrogen) atoms. The normalized spacial score (nSPS) is 13.9. The molecule has 0 amide bonds. The Bertz CT molecular complexity index is 6660. The monoisotopic (exact) mass is 1390 g/mol. The summed E-state index contributed by atoms with van der Waals surface area (Å²) in [6.45, 7) is 6.88. The van der Waals surface area contributed by atoms with Crippen LogP contribution in [-0.4, -0.2) is 0 Å². The lowest BCUT2D eigenvalue weighted by molar-refractivity contribution is 0.660. The molecule has 1 aromatic heterocycles. The number of aryl methyl sites for hydroxylation is 1. The minimum Gasteiger partial charge on any atom is -0.453 e. The second-order valence-electron chi connectivity index (χ2n) is 30.6. The van der Waals surface area contributed by atoms with Gasteiger partial charge in [0, 0.05) is 50.2 Å². The van der Waals surface area contributed by atoms with E-state index in [2.05, 4.69) is 413 Å². The van der Waals surface area contributed by atoms with Gasteiger partial charge in [-0.15, -0.1) is 0 Å². The zero-order valence-corrected chi connectivity index (χ0v) is 60.7. The van der Waals surface area contributed by atoms with Crippen molar-refractivity contribution in [2.75, 3.05) is 9.80 Å². The van der Waals surface area contributed by atoms with E-state index in [1.54, 1.807) is 0 Å². The summed E-state index contributed by atoms with van der Waals surface area (Å²) >= 11 is 0. The van der Waals surface area contributed by atoms with Crippen molar-refractivity contribution >= 4 is 66.8 Å². The van der Waals surface area contributed by atoms with E-state index in [9.17, 15) is 0 Å². The van der Waals surface area contributed by atoms with Gasteiger partial charge < -0.3 is 14.2 Å². The molecule has 3 heteroatoms. The van der Waals surface area contributed by atoms with Gasteiger partial charge in [0.1, 0.15) is 5.58 Å². The molecule has 1 heterocycles. The molecule has 23 rings (SSSR count). The molecule has 18 aromatic rings. The first-order valence-corrected chi connectivity index (χ1v) is 38.1. The van der Waals surface area contributed by atoms with Crippen LogP contribution in [0.25, 0.3) is 111 Å². The fourth-order valence-electron chi connectivity index (χ4n) is 19.8. The topological polar surface area (TPSA) is 19.6 Å². The van der Waals surface area contributed by atoms with Crippen molar-refractivity contribution in [1.29, 1.82) is 0 Å². The molecule has 0 saturated heterocycles. The number of para-hydroxylation sites is 2. The molecule has 0 N–H and O–H groups in total. The Morgan fingerprint density at radius 2 is 0.569 bits per heavy atom. The highest BCUT2D eigenvalue weighted by molar-refractivity contribution is 6.14. The van der Waals surface area contributed by atoms with Gasteiger partial charge in [0.2, 0.25) is 0 Å². The number of hydrogen-bond donors (Lipinski definition) is 0. The van der Waals surface area contributed by atoms with Crippen molar-refractivity contribution in [2.45, 2.75) is 37.0 Å². The predicted octanol–water partition coefficient (Wildman–Crippen LogP) is 28.0.